The number of carbonyl (C=O) groups is 1. The van der Waals surface area contributed by atoms with E-state index >= 15 is 0 Å². The van der Waals surface area contributed by atoms with Crippen molar-refractivity contribution in [2.75, 3.05) is 44.8 Å². The average molecular weight is 569 g/mol. The Morgan fingerprint density at radius 3 is 2.84 bits per heavy atom. The molecule has 7 nitrogen and oxygen atoms in total. The molecule has 1 N–H and O–H groups in total. The minimum absolute atomic E-state index is 0.00807. The highest BCUT2D eigenvalue weighted by Crippen LogP contribution is 2.30. The fourth-order valence-electron chi connectivity index (χ4n) is 3.90. The van der Waals surface area contributed by atoms with Gasteiger partial charge in [-0.3, -0.25) is 14.8 Å². The Bertz CT molecular complexity index is 1110. The number of nitrogens with zero attached hydrogens (tertiary/aromatic N) is 3. The Morgan fingerprint density at radius 2 is 2.09 bits per heavy atom. The number of Topliss-reactive ketones (excluding diaryl/α,β-unsaturated/α-hetero) is 1. The van der Waals surface area contributed by atoms with E-state index < -0.39 is 0 Å². The molecular formula is C23H26ClIN4O3. The van der Waals surface area contributed by atoms with Gasteiger partial charge in [0.2, 0.25) is 0 Å². The molecule has 3 aromatic rings. The highest BCUT2D eigenvalue weighted by atomic mass is 127. The average Bonchev–Trinajstić information content (AvgIpc) is 3.20. The zero-order valence-electron chi connectivity index (χ0n) is 18.1. The van der Waals surface area contributed by atoms with Crippen LogP contribution in [0.4, 0.5) is 5.82 Å². The van der Waals surface area contributed by atoms with Gasteiger partial charge in [-0.1, -0.05) is 34.2 Å². The number of aromatic nitrogens is 2. The van der Waals surface area contributed by atoms with Crippen molar-refractivity contribution in [1.82, 2.24) is 15.1 Å². The summed E-state index contributed by atoms with van der Waals surface area (Å²) < 4.78 is 11.7. The van der Waals surface area contributed by atoms with Crippen LogP contribution in [0.5, 0.6) is 11.5 Å². The van der Waals surface area contributed by atoms with Crippen molar-refractivity contribution in [3.8, 4) is 11.5 Å². The number of ketones is 1. The standard InChI is InChI=1S/C23H26ClIN4O3/c1-15(30)16-4-7-20(21(12-16)31-2)32-11-3-8-28-9-10-29(14-22(28)25)23-18-6-5-17(24)13-19(18)26-27-23/h4-7,12-13,22H,3,8-11,14H2,1-2H3,(H,26,27). The zero-order chi connectivity index (χ0) is 22.7. The third kappa shape index (κ3) is 5.13. The molecule has 0 saturated carbocycles. The quantitative estimate of drug-likeness (QED) is 0.139. The number of benzene rings is 2. The number of carbonyl (C=O) groups excluding carboxylic acids is 1. The van der Waals surface area contributed by atoms with E-state index in [2.05, 4.69) is 42.6 Å². The lowest BCUT2D eigenvalue weighted by molar-refractivity contribution is 0.101. The normalized spacial score (nSPS) is 17.0. The molecule has 0 amide bonds. The van der Waals surface area contributed by atoms with Gasteiger partial charge in [0, 0.05) is 42.2 Å². The summed E-state index contributed by atoms with van der Waals surface area (Å²) in [6.07, 6.45) is 0.904. The number of ether oxygens (including phenoxy) is 2. The number of nitrogens with one attached hydrogen (secondary N) is 1. The summed E-state index contributed by atoms with van der Waals surface area (Å²) in [5.74, 6) is 2.25. The van der Waals surface area contributed by atoms with E-state index in [0.717, 1.165) is 49.3 Å². The van der Waals surface area contributed by atoms with Crippen molar-refractivity contribution in [3.05, 3.63) is 47.0 Å². The number of aromatic amines is 1. The number of halogens is 2. The number of H-pyrrole nitrogens is 1. The molecule has 0 aliphatic carbocycles. The highest BCUT2D eigenvalue weighted by molar-refractivity contribution is 14.1. The maximum absolute atomic E-state index is 11.6. The number of anilines is 1. The van der Waals surface area contributed by atoms with Gasteiger partial charge in [0.25, 0.3) is 0 Å². The van der Waals surface area contributed by atoms with Gasteiger partial charge in [0.1, 0.15) is 0 Å². The van der Waals surface area contributed by atoms with Crippen LogP contribution in [-0.2, 0) is 0 Å². The van der Waals surface area contributed by atoms with Gasteiger partial charge in [0.05, 0.1) is 23.3 Å². The predicted molar refractivity (Wildman–Crippen MR) is 136 cm³/mol. The number of rotatable bonds is 8. The molecule has 1 atom stereocenters. The molecule has 0 radical (unpaired) electrons. The molecular weight excluding hydrogens is 543 g/mol. The summed E-state index contributed by atoms with van der Waals surface area (Å²) in [5.41, 5.74) is 1.58. The summed E-state index contributed by atoms with van der Waals surface area (Å²) in [4.78, 5) is 16.4. The summed E-state index contributed by atoms with van der Waals surface area (Å²) in [6, 6.07) is 11.1. The van der Waals surface area contributed by atoms with Crippen molar-refractivity contribution in [3.63, 3.8) is 0 Å². The van der Waals surface area contributed by atoms with Crippen LogP contribution in [0.3, 0.4) is 0 Å². The Labute approximate surface area is 206 Å². The third-order valence-corrected chi connectivity index (χ3v) is 7.06. The Morgan fingerprint density at radius 1 is 1.25 bits per heavy atom. The first-order chi connectivity index (χ1) is 15.5. The molecule has 0 spiro atoms. The fraction of sp³-hybridized carbons (Fsp3) is 0.391. The molecule has 0 bridgehead atoms. The number of methoxy groups -OCH3 is 1. The second-order valence-corrected chi connectivity index (χ2v) is 9.65. The number of alkyl halides is 1. The Hall–Kier alpha value is -2.04. The van der Waals surface area contributed by atoms with Crippen LogP contribution < -0.4 is 14.4 Å². The molecule has 1 aliphatic rings. The maximum atomic E-state index is 11.6. The van der Waals surface area contributed by atoms with Gasteiger partial charge in [-0.2, -0.15) is 5.10 Å². The molecule has 1 unspecified atom stereocenters. The Balaban J connectivity index is 1.28. The monoisotopic (exact) mass is 568 g/mol. The topological polar surface area (TPSA) is 70.7 Å². The second-order valence-electron chi connectivity index (χ2n) is 7.78. The van der Waals surface area contributed by atoms with E-state index in [1.54, 1.807) is 32.2 Å². The second kappa shape index (κ2) is 10.3. The molecule has 9 heteroatoms. The van der Waals surface area contributed by atoms with Crippen molar-refractivity contribution < 1.29 is 14.3 Å². The van der Waals surface area contributed by atoms with Crippen molar-refractivity contribution >= 4 is 56.7 Å². The van der Waals surface area contributed by atoms with Crippen LogP contribution in [0.1, 0.15) is 23.7 Å². The highest BCUT2D eigenvalue weighted by Gasteiger charge is 2.27. The molecule has 2 aromatic carbocycles. The molecule has 4 rings (SSSR count). The molecule has 32 heavy (non-hydrogen) atoms. The van der Waals surface area contributed by atoms with Gasteiger partial charge in [-0.25, -0.2) is 0 Å². The number of piperazine rings is 1. The molecule has 1 fully saturated rings. The minimum atomic E-state index is 0.00807. The lowest BCUT2D eigenvalue weighted by Crippen LogP contribution is -2.51. The fourth-order valence-corrected chi connectivity index (χ4v) is 5.10. The molecule has 170 valence electrons. The molecule has 1 aromatic heterocycles. The maximum Gasteiger partial charge on any atom is 0.161 e. The van der Waals surface area contributed by atoms with Crippen LogP contribution in [0, 0.1) is 0 Å². The minimum Gasteiger partial charge on any atom is -0.493 e. The lowest BCUT2D eigenvalue weighted by Gasteiger charge is -2.39. The first kappa shape index (κ1) is 23.1. The lowest BCUT2D eigenvalue weighted by atomic mass is 10.1. The van der Waals surface area contributed by atoms with Gasteiger partial charge in [-0.05, 0) is 49.7 Å². The van der Waals surface area contributed by atoms with Gasteiger partial charge < -0.3 is 14.4 Å². The van der Waals surface area contributed by atoms with Gasteiger partial charge >= 0.3 is 0 Å². The SMILES string of the molecule is COc1cc(C(C)=O)ccc1OCCCN1CCN(c2n[nH]c3cc(Cl)ccc23)CC1I. The summed E-state index contributed by atoms with van der Waals surface area (Å²) in [5, 5.41) is 9.43. The van der Waals surface area contributed by atoms with Crippen LogP contribution in [0.15, 0.2) is 36.4 Å². The molecule has 1 aliphatic heterocycles. The summed E-state index contributed by atoms with van der Waals surface area (Å²) in [7, 11) is 1.59. The van der Waals surface area contributed by atoms with Gasteiger partial charge in [-0.15, -0.1) is 0 Å². The van der Waals surface area contributed by atoms with E-state index in [9.17, 15) is 4.79 Å². The largest absolute Gasteiger partial charge is 0.493 e. The number of hydrogen-bond acceptors (Lipinski definition) is 6. The predicted octanol–water partition coefficient (Wildman–Crippen LogP) is 4.78. The van der Waals surface area contributed by atoms with E-state index in [4.69, 9.17) is 21.1 Å². The number of fused-ring (bicyclic) bond motifs is 1. The molecule has 2 heterocycles. The molecule has 1 saturated heterocycles. The van der Waals surface area contributed by atoms with E-state index in [0.29, 0.717) is 32.7 Å². The first-order valence-corrected chi connectivity index (χ1v) is 12.2. The van der Waals surface area contributed by atoms with Crippen molar-refractivity contribution in [2.45, 2.75) is 17.4 Å². The van der Waals surface area contributed by atoms with Crippen molar-refractivity contribution in [2.24, 2.45) is 0 Å². The summed E-state index contributed by atoms with van der Waals surface area (Å²) in [6.45, 7) is 5.87. The van der Waals surface area contributed by atoms with Crippen LogP contribution in [0.25, 0.3) is 10.9 Å². The van der Waals surface area contributed by atoms with E-state index in [1.165, 1.54) is 0 Å². The number of hydrogen-bond donors (Lipinski definition) is 1. The van der Waals surface area contributed by atoms with Crippen molar-refractivity contribution in [1.29, 1.82) is 0 Å². The van der Waals surface area contributed by atoms with Crippen LogP contribution >= 0.6 is 34.2 Å². The Kier molecular flexibility index (Phi) is 7.42. The first-order valence-electron chi connectivity index (χ1n) is 10.5. The van der Waals surface area contributed by atoms with E-state index in [-0.39, 0.29) is 5.78 Å². The zero-order valence-corrected chi connectivity index (χ0v) is 21.0. The van der Waals surface area contributed by atoms with E-state index in [1.807, 2.05) is 18.2 Å². The third-order valence-electron chi connectivity index (χ3n) is 5.65. The van der Waals surface area contributed by atoms with Crippen LogP contribution in [-0.4, -0.2) is 64.8 Å². The smallest absolute Gasteiger partial charge is 0.161 e. The summed E-state index contributed by atoms with van der Waals surface area (Å²) >= 11 is 8.60. The van der Waals surface area contributed by atoms with Crippen LogP contribution in [0.2, 0.25) is 5.02 Å². The van der Waals surface area contributed by atoms with Gasteiger partial charge in [0.15, 0.2) is 23.1 Å².